The first kappa shape index (κ1) is 17.6. The van der Waals surface area contributed by atoms with E-state index in [1.165, 1.54) is 6.33 Å². The average molecular weight is 343 g/mol. The van der Waals surface area contributed by atoms with E-state index in [4.69, 9.17) is 4.74 Å². The third-order valence-electron chi connectivity index (χ3n) is 4.27. The number of amides is 1. The van der Waals surface area contributed by atoms with Crippen LogP contribution in [0.2, 0.25) is 0 Å². The number of nitrogens with one attached hydrogen (secondary N) is 1. The lowest BCUT2D eigenvalue weighted by Gasteiger charge is -2.35. The number of carbonyl (C=O) groups is 1. The van der Waals surface area contributed by atoms with Gasteiger partial charge in [-0.1, -0.05) is 18.2 Å². The number of aromatic nitrogens is 3. The largest absolute Gasteiger partial charge is 0.373 e. The second-order valence-corrected chi connectivity index (χ2v) is 6.52. The summed E-state index contributed by atoms with van der Waals surface area (Å²) in [7, 11) is 0. The maximum atomic E-state index is 12.6. The Morgan fingerprint density at radius 1 is 1.28 bits per heavy atom. The molecule has 0 bridgehead atoms. The Bertz CT molecular complexity index is 679. The molecule has 134 valence electrons. The lowest BCUT2D eigenvalue weighted by atomic mass is 10.1. The molecule has 1 amide bonds. The van der Waals surface area contributed by atoms with Gasteiger partial charge in [-0.15, -0.1) is 0 Å². The standard InChI is InChI=1S/C18H25N5O2/c1-14-9-22(10-15(2)25-14)8-7-20-18(24)17-6-4-3-5-16(17)11-23-13-19-12-21-23/h3-6,12-15H,7-11H2,1-2H3,(H,20,24)/t14-,15+. The zero-order valence-electron chi connectivity index (χ0n) is 14.8. The zero-order chi connectivity index (χ0) is 17.6. The topological polar surface area (TPSA) is 72.3 Å². The molecule has 2 atom stereocenters. The fourth-order valence-electron chi connectivity index (χ4n) is 3.26. The Balaban J connectivity index is 1.55. The first-order valence-corrected chi connectivity index (χ1v) is 8.68. The minimum Gasteiger partial charge on any atom is -0.373 e. The lowest BCUT2D eigenvalue weighted by molar-refractivity contribution is -0.0672. The van der Waals surface area contributed by atoms with E-state index in [1.807, 2.05) is 24.3 Å². The van der Waals surface area contributed by atoms with Gasteiger partial charge in [-0.3, -0.25) is 9.69 Å². The number of nitrogens with zero attached hydrogens (tertiary/aromatic N) is 4. The Morgan fingerprint density at radius 3 is 2.76 bits per heavy atom. The first-order valence-electron chi connectivity index (χ1n) is 8.68. The molecule has 0 saturated carbocycles. The Morgan fingerprint density at radius 2 is 2.04 bits per heavy atom. The molecule has 0 spiro atoms. The van der Waals surface area contributed by atoms with Gasteiger partial charge in [0, 0.05) is 31.7 Å². The number of morpholine rings is 1. The molecule has 1 aliphatic rings. The number of rotatable bonds is 6. The summed E-state index contributed by atoms with van der Waals surface area (Å²) < 4.78 is 7.45. The minimum absolute atomic E-state index is 0.0509. The fourth-order valence-corrected chi connectivity index (χ4v) is 3.26. The highest BCUT2D eigenvalue weighted by Gasteiger charge is 2.21. The van der Waals surface area contributed by atoms with Crippen LogP contribution in [-0.4, -0.2) is 64.0 Å². The Hall–Kier alpha value is -2.25. The highest BCUT2D eigenvalue weighted by Crippen LogP contribution is 2.11. The van der Waals surface area contributed by atoms with E-state index in [2.05, 4.69) is 34.1 Å². The van der Waals surface area contributed by atoms with E-state index >= 15 is 0 Å². The van der Waals surface area contributed by atoms with E-state index in [-0.39, 0.29) is 18.1 Å². The van der Waals surface area contributed by atoms with Gasteiger partial charge in [0.2, 0.25) is 0 Å². The van der Waals surface area contributed by atoms with Crippen molar-refractivity contribution < 1.29 is 9.53 Å². The van der Waals surface area contributed by atoms with E-state index in [1.54, 1.807) is 11.0 Å². The van der Waals surface area contributed by atoms with Gasteiger partial charge in [0.05, 0.1) is 18.8 Å². The van der Waals surface area contributed by atoms with Crippen LogP contribution in [0.15, 0.2) is 36.9 Å². The van der Waals surface area contributed by atoms with Crippen LogP contribution in [0, 0.1) is 0 Å². The van der Waals surface area contributed by atoms with Crippen molar-refractivity contribution in [2.45, 2.75) is 32.6 Å². The molecule has 1 saturated heterocycles. The lowest BCUT2D eigenvalue weighted by Crippen LogP contribution is -2.47. The fraction of sp³-hybridized carbons (Fsp3) is 0.500. The van der Waals surface area contributed by atoms with Crippen molar-refractivity contribution in [2.24, 2.45) is 0 Å². The number of carbonyl (C=O) groups excluding carboxylic acids is 1. The molecule has 1 aliphatic heterocycles. The molecular formula is C18H25N5O2. The maximum absolute atomic E-state index is 12.6. The molecule has 1 aromatic carbocycles. The predicted molar refractivity (Wildman–Crippen MR) is 94.3 cm³/mol. The summed E-state index contributed by atoms with van der Waals surface area (Å²) in [6, 6.07) is 7.60. The quantitative estimate of drug-likeness (QED) is 0.852. The first-order chi connectivity index (χ1) is 12.1. The van der Waals surface area contributed by atoms with Gasteiger partial charge in [-0.25, -0.2) is 9.67 Å². The van der Waals surface area contributed by atoms with Gasteiger partial charge in [0.1, 0.15) is 12.7 Å². The molecule has 1 N–H and O–H groups in total. The van der Waals surface area contributed by atoms with Crippen LogP contribution in [-0.2, 0) is 11.3 Å². The molecule has 2 aromatic rings. The van der Waals surface area contributed by atoms with Crippen molar-refractivity contribution in [3.05, 3.63) is 48.0 Å². The van der Waals surface area contributed by atoms with E-state index < -0.39 is 0 Å². The number of ether oxygens (including phenoxy) is 1. The van der Waals surface area contributed by atoms with Crippen LogP contribution in [0.3, 0.4) is 0 Å². The molecule has 2 heterocycles. The molecule has 7 heteroatoms. The highest BCUT2D eigenvalue weighted by atomic mass is 16.5. The second kappa shape index (κ2) is 8.22. The van der Waals surface area contributed by atoms with Crippen LogP contribution in [0.1, 0.15) is 29.8 Å². The van der Waals surface area contributed by atoms with E-state index in [0.29, 0.717) is 18.7 Å². The van der Waals surface area contributed by atoms with E-state index in [0.717, 1.165) is 25.2 Å². The van der Waals surface area contributed by atoms with Crippen LogP contribution >= 0.6 is 0 Å². The zero-order valence-corrected chi connectivity index (χ0v) is 14.8. The molecule has 0 radical (unpaired) electrons. The van der Waals surface area contributed by atoms with Crippen molar-refractivity contribution in [1.82, 2.24) is 25.0 Å². The summed E-state index contributed by atoms with van der Waals surface area (Å²) in [4.78, 5) is 18.8. The van der Waals surface area contributed by atoms with Gasteiger partial charge in [-0.05, 0) is 25.5 Å². The molecule has 0 aliphatic carbocycles. The summed E-state index contributed by atoms with van der Waals surface area (Å²) >= 11 is 0. The molecule has 1 fully saturated rings. The third kappa shape index (κ3) is 4.87. The third-order valence-corrected chi connectivity index (χ3v) is 4.27. The molecule has 25 heavy (non-hydrogen) atoms. The average Bonchev–Trinajstić information content (AvgIpc) is 3.07. The smallest absolute Gasteiger partial charge is 0.251 e. The van der Waals surface area contributed by atoms with Crippen LogP contribution < -0.4 is 5.32 Å². The Labute approximate surface area is 148 Å². The number of benzene rings is 1. The van der Waals surface area contributed by atoms with E-state index in [9.17, 15) is 4.79 Å². The van der Waals surface area contributed by atoms with Gasteiger partial charge < -0.3 is 10.1 Å². The van der Waals surface area contributed by atoms with Crippen molar-refractivity contribution in [3.8, 4) is 0 Å². The van der Waals surface area contributed by atoms with Crippen molar-refractivity contribution in [1.29, 1.82) is 0 Å². The van der Waals surface area contributed by atoms with Gasteiger partial charge in [0.25, 0.3) is 5.91 Å². The van der Waals surface area contributed by atoms with Crippen molar-refractivity contribution in [2.75, 3.05) is 26.2 Å². The van der Waals surface area contributed by atoms with Crippen molar-refractivity contribution in [3.63, 3.8) is 0 Å². The summed E-state index contributed by atoms with van der Waals surface area (Å²) in [5.74, 6) is -0.0509. The molecule has 7 nitrogen and oxygen atoms in total. The number of hydrogen-bond acceptors (Lipinski definition) is 5. The van der Waals surface area contributed by atoms with Crippen LogP contribution in [0.25, 0.3) is 0 Å². The normalized spacial score (nSPS) is 21.2. The minimum atomic E-state index is -0.0509. The summed E-state index contributed by atoms with van der Waals surface area (Å²) in [6.45, 7) is 7.96. The number of hydrogen-bond donors (Lipinski definition) is 1. The SMILES string of the molecule is C[C@@H]1CN(CCNC(=O)c2ccccc2Cn2cncn2)C[C@H](C)O1. The summed E-state index contributed by atoms with van der Waals surface area (Å²) in [6.07, 6.45) is 3.62. The van der Waals surface area contributed by atoms with Gasteiger partial charge >= 0.3 is 0 Å². The van der Waals surface area contributed by atoms with Crippen LogP contribution in [0.5, 0.6) is 0 Å². The summed E-state index contributed by atoms with van der Waals surface area (Å²) in [5.41, 5.74) is 1.61. The maximum Gasteiger partial charge on any atom is 0.251 e. The molecule has 0 unspecified atom stereocenters. The monoisotopic (exact) mass is 343 g/mol. The molecular weight excluding hydrogens is 318 g/mol. The second-order valence-electron chi connectivity index (χ2n) is 6.52. The molecule has 3 rings (SSSR count). The van der Waals surface area contributed by atoms with Gasteiger partial charge in [0.15, 0.2) is 0 Å². The predicted octanol–water partition coefficient (Wildman–Crippen LogP) is 1.17. The highest BCUT2D eigenvalue weighted by molar-refractivity contribution is 5.95. The van der Waals surface area contributed by atoms with Crippen LogP contribution in [0.4, 0.5) is 0 Å². The van der Waals surface area contributed by atoms with Crippen molar-refractivity contribution >= 4 is 5.91 Å². The Kier molecular flexibility index (Phi) is 5.78. The van der Waals surface area contributed by atoms with Gasteiger partial charge in [-0.2, -0.15) is 5.10 Å². The molecule has 1 aromatic heterocycles. The summed E-state index contributed by atoms with van der Waals surface area (Å²) in [5, 5.41) is 7.13.